The minimum Gasteiger partial charge on any atom is -0.112 e. The molecule has 0 fully saturated rings. The van der Waals surface area contributed by atoms with Gasteiger partial charge in [-0.3, -0.25) is 0 Å². The van der Waals surface area contributed by atoms with Crippen LogP contribution < -0.4 is 0 Å². The molecule has 0 aromatic carbocycles. The third kappa shape index (κ3) is 16.8. The molecule has 0 aliphatic carbocycles. The van der Waals surface area contributed by atoms with E-state index in [1.54, 1.807) is 0 Å². The van der Waals surface area contributed by atoms with Gasteiger partial charge in [0.1, 0.15) is 0 Å². The van der Waals surface area contributed by atoms with E-state index in [1.807, 2.05) is 11.8 Å². The Labute approximate surface area is 156 Å². The Morgan fingerprint density at radius 1 is 0.826 bits per heavy atom. The van der Waals surface area contributed by atoms with E-state index in [9.17, 15) is 0 Å². The Kier molecular flexibility index (Phi) is 15.8. The minimum absolute atomic E-state index is 0.251. The van der Waals surface area contributed by atoms with Crippen molar-refractivity contribution in [2.45, 2.75) is 116 Å². The third-order valence-corrected chi connectivity index (χ3v) is 5.74. The molecule has 0 saturated carbocycles. The summed E-state index contributed by atoms with van der Waals surface area (Å²) in [7, 11) is 0. The van der Waals surface area contributed by atoms with Gasteiger partial charge in [-0.25, -0.2) is 0 Å². The fraction of sp³-hybridized carbons (Fsp3) is 0.857. The second-order valence-corrected chi connectivity index (χ2v) is 9.80. The Hall–Kier alpha value is 0.180. The lowest BCUT2D eigenvalue weighted by atomic mass is 10.1. The molecule has 0 bridgehead atoms. The molecule has 0 spiro atoms. The van der Waals surface area contributed by atoms with Gasteiger partial charge in [-0.05, 0) is 25.7 Å². The standard InChI is InChI=1S/C21H40S2/c1-5-7-9-10-11-12-13-14-15-16-18-20(22)23-21(3,4)19-17-8-6-2/h8,17H,5-7,9-16,18-19H2,1-4H3. The second kappa shape index (κ2) is 15.7. The van der Waals surface area contributed by atoms with E-state index < -0.39 is 0 Å². The van der Waals surface area contributed by atoms with Crippen molar-refractivity contribution >= 4 is 28.2 Å². The molecule has 0 nitrogen and oxygen atoms in total. The van der Waals surface area contributed by atoms with Crippen molar-refractivity contribution in [2.75, 3.05) is 0 Å². The number of rotatable bonds is 15. The number of allylic oxidation sites excluding steroid dienone is 2. The van der Waals surface area contributed by atoms with Crippen LogP contribution in [0.25, 0.3) is 0 Å². The summed E-state index contributed by atoms with van der Waals surface area (Å²) >= 11 is 7.49. The molecule has 23 heavy (non-hydrogen) atoms. The first-order valence-electron chi connectivity index (χ1n) is 9.88. The summed E-state index contributed by atoms with van der Waals surface area (Å²) < 4.78 is 1.46. The van der Waals surface area contributed by atoms with Crippen LogP contribution in [0, 0.1) is 0 Å². The monoisotopic (exact) mass is 356 g/mol. The highest BCUT2D eigenvalue weighted by molar-refractivity contribution is 8.23. The van der Waals surface area contributed by atoms with Crippen LogP contribution in [0.3, 0.4) is 0 Å². The molecule has 0 amide bonds. The second-order valence-electron chi connectivity index (χ2n) is 7.25. The van der Waals surface area contributed by atoms with Crippen LogP contribution in [0.15, 0.2) is 12.2 Å². The van der Waals surface area contributed by atoms with Crippen molar-refractivity contribution in [3.63, 3.8) is 0 Å². The van der Waals surface area contributed by atoms with Crippen molar-refractivity contribution in [1.82, 2.24) is 0 Å². The maximum atomic E-state index is 5.58. The van der Waals surface area contributed by atoms with Gasteiger partial charge >= 0.3 is 0 Å². The van der Waals surface area contributed by atoms with E-state index >= 15 is 0 Å². The molecule has 0 aromatic rings. The van der Waals surface area contributed by atoms with Crippen LogP contribution in [0.5, 0.6) is 0 Å². The molecule has 136 valence electrons. The Balaban J connectivity index is 3.51. The van der Waals surface area contributed by atoms with E-state index in [2.05, 4.69) is 39.8 Å². The zero-order valence-corrected chi connectivity index (χ0v) is 17.8. The van der Waals surface area contributed by atoms with Gasteiger partial charge in [0, 0.05) is 8.94 Å². The normalized spacial score (nSPS) is 12.2. The first kappa shape index (κ1) is 23.2. The van der Waals surface area contributed by atoms with Crippen LogP contribution in [-0.2, 0) is 0 Å². The Morgan fingerprint density at radius 3 is 1.87 bits per heavy atom. The lowest BCUT2D eigenvalue weighted by molar-refractivity contribution is 0.559. The highest BCUT2D eigenvalue weighted by atomic mass is 32.2. The molecule has 0 saturated heterocycles. The minimum atomic E-state index is 0.251. The molecular weight excluding hydrogens is 316 g/mol. The third-order valence-electron chi connectivity index (χ3n) is 4.14. The Bertz CT molecular complexity index is 305. The zero-order valence-electron chi connectivity index (χ0n) is 16.2. The van der Waals surface area contributed by atoms with Gasteiger partial charge in [-0.15, -0.1) is 11.8 Å². The van der Waals surface area contributed by atoms with Gasteiger partial charge < -0.3 is 0 Å². The van der Waals surface area contributed by atoms with Gasteiger partial charge in [0.2, 0.25) is 0 Å². The van der Waals surface area contributed by atoms with E-state index in [0.29, 0.717) is 0 Å². The van der Waals surface area contributed by atoms with E-state index in [4.69, 9.17) is 12.2 Å². The molecule has 0 unspecified atom stereocenters. The number of hydrogen-bond acceptors (Lipinski definition) is 2. The predicted octanol–water partition coefficient (Wildman–Crippen LogP) is 8.49. The number of hydrogen-bond donors (Lipinski definition) is 0. The molecule has 0 aliphatic rings. The van der Waals surface area contributed by atoms with E-state index in [0.717, 1.165) is 19.3 Å². The molecule has 0 radical (unpaired) electrons. The highest BCUT2D eigenvalue weighted by Gasteiger charge is 2.18. The molecular formula is C21H40S2. The average molecular weight is 357 g/mol. The van der Waals surface area contributed by atoms with Crippen molar-refractivity contribution < 1.29 is 0 Å². The summed E-state index contributed by atoms with van der Waals surface area (Å²) in [6, 6.07) is 0. The maximum absolute atomic E-state index is 5.58. The molecule has 0 aliphatic heterocycles. The quantitative estimate of drug-likeness (QED) is 0.164. The van der Waals surface area contributed by atoms with Crippen LogP contribution in [0.4, 0.5) is 0 Å². The van der Waals surface area contributed by atoms with E-state index in [1.165, 1.54) is 68.4 Å². The molecule has 0 N–H and O–H groups in total. The van der Waals surface area contributed by atoms with Crippen LogP contribution in [-0.4, -0.2) is 8.94 Å². The summed E-state index contributed by atoms with van der Waals surface area (Å²) in [6.45, 7) is 9.09. The van der Waals surface area contributed by atoms with Gasteiger partial charge in [-0.2, -0.15) is 0 Å². The summed E-state index contributed by atoms with van der Waals surface area (Å²) in [5, 5.41) is 0. The average Bonchev–Trinajstić information content (AvgIpc) is 2.48. The molecule has 0 atom stereocenters. The fourth-order valence-electron chi connectivity index (χ4n) is 2.69. The smallest absolute Gasteiger partial charge is 0.0483 e. The largest absolute Gasteiger partial charge is 0.112 e. The lowest BCUT2D eigenvalue weighted by Crippen LogP contribution is -2.15. The highest BCUT2D eigenvalue weighted by Crippen LogP contribution is 2.31. The molecule has 2 heteroatoms. The van der Waals surface area contributed by atoms with Crippen molar-refractivity contribution in [3.05, 3.63) is 12.2 Å². The van der Waals surface area contributed by atoms with Crippen molar-refractivity contribution in [3.8, 4) is 0 Å². The number of unbranched alkanes of at least 4 members (excludes halogenated alkanes) is 9. The lowest BCUT2D eigenvalue weighted by Gasteiger charge is -2.22. The summed E-state index contributed by atoms with van der Waals surface area (Å²) in [5.41, 5.74) is 0. The predicted molar refractivity (Wildman–Crippen MR) is 115 cm³/mol. The SMILES string of the molecule is CCC=CCC(C)(C)SC(=S)CCCCCCCCCCCC. The fourth-order valence-corrected chi connectivity index (χ4v) is 4.55. The molecule has 0 heterocycles. The summed E-state index contributed by atoms with van der Waals surface area (Å²) in [4.78, 5) is 0. The van der Waals surface area contributed by atoms with Gasteiger partial charge in [0.25, 0.3) is 0 Å². The summed E-state index contributed by atoms with van der Waals surface area (Å²) in [6.07, 6.45) is 21.9. The first-order valence-corrected chi connectivity index (χ1v) is 11.1. The maximum Gasteiger partial charge on any atom is 0.0483 e. The van der Waals surface area contributed by atoms with Crippen LogP contribution >= 0.6 is 24.0 Å². The number of thiocarbonyl (C=S) groups is 1. The van der Waals surface area contributed by atoms with Gasteiger partial charge in [-0.1, -0.05) is 110 Å². The molecule has 0 aromatic heterocycles. The summed E-state index contributed by atoms with van der Waals surface area (Å²) in [5.74, 6) is 0. The van der Waals surface area contributed by atoms with E-state index in [-0.39, 0.29) is 4.75 Å². The topological polar surface area (TPSA) is 0 Å². The van der Waals surface area contributed by atoms with Gasteiger partial charge in [0.05, 0.1) is 0 Å². The Morgan fingerprint density at radius 2 is 1.35 bits per heavy atom. The van der Waals surface area contributed by atoms with Gasteiger partial charge in [0.15, 0.2) is 0 Å². The molecule has 0 rings (SSSR count). The van der Waals surface area contributed by atoms with Crippen LogP contribution in [0.2, 0.25) is 0 Å². The first-order chi connectivity index (χ1) is 11.0. The number of thioether (sulfide) groups is 1. The van der Waals surface area contributed by atoms with Crippen molar-refractivity contribution in [1.29, 1.82) is 0 Å². The van der Waals surface area contributed by atoms with Crippen molar-refractivity contribution in [2.24, 2.45) is 0 Å². The van der Waals surface area contributed by atoms with Crippen LogP contribution in [0.1, 0.15) is 111 Å². The zero-order chi connectivity index (χ0) is 17.4.